The Morgan fingerprint density at radius 1 is 1.28 bits per heavy atom. The standard InChI is InChI=1S/C17H14N4O3S/c1-10-12(7-8-24-10)16-18-19-17-21(16)20-15(11-5-3-2-4-6-11)13(25-17)9-14(22)23/h2-8,13H,9H2,1H3,(H,22,23)/t13-/m0/s1. The van der Waals surface area contributed by atoms with Crippen LogP contribution in [0.5, 0.6) is 0 Å². The molecule has 1 aliphatic rings. The molecule has 3 heterocycles. The molecule has 0 fully saturated rings. The smallest absolute Gasteiger partial charge is 0.304 e. The van der Waals surface area contributed by atoms with E-state index in [2.05, 4.69) is 15.3 Å². The number of carboxylic acid groups (broad SMARTS) is 1. The van der Waals surface area contributed by atoms with Crippen LogP contribution in [0.3, 0.4) is 0 Å². The van der Waals surface area contributed by atoms with Gasteiger partial charge in [0.1, 0.15) is 5.76 Å². The van der Waals surface area contributed by atoms with Crippen LogP contribution in [0.2, 0.25) is 0 Å². The lowest BCUT2D eigenvalue weighted by Crippen LogP contribution is -2.27. The topological polar surface area (TPSA) is 93.5 Å². The van der Waals surface area contributed by atoms with Gasteiger partial charge in [-0.3, -0.25) is 4.79 Å². The number of carboxylic acids is 1. The summed E-state index contributed by atoms with van der Waals surface area (Å²) in [4.78, 5) is 11.3. The molecule has 1 atom stereocenters. The van der Waals surface area contributed by atoms with Crippen LogP contribution in [0.25, 0.3) is 11.4 Å². The zero-order valence-corrected chi connectivity index (χ0v) is 14.1. The van der Waals surface area contributed by atoms with Crippen molar-refractivity contribution in [2.75, 3.05) is 0 Å². The van der Waals surface area contributed by atoms with E-state index in [0.717, 1.165) is 16.9 Å². The number of aliphatic carboxylic acids is 1. The van der Waals surface area contributed by atoms with E-state index in [0.29, 0.717) is 16.7 Å². The van der Waals surface area contributed by atoms with E-state index in [-0.39, 0.29) is 11.7 Å². The van der Waals surface area contributed by atoms with Crippen molar-refractivity contribution in [3.63, 3.8) is 0 Å². The number of benzene rings is 1. The average molecular weight is 354 g/mol. The molecule has 1 aliphatic heterocycles. The van der Waals surface area contributed by atoms with Crippen molar-refractivity contribution in [3.05, 3.63) is 54.0 Å². The molecule has 0 saturated heterocycles. The maximum Gasteiger partial charge on any atom is 0.304 e. The highest BCUT2D eigenvalue weighted by atomic mass is 32.2. The van der Waals surface area contributed by atoms with Gasteiger partial charge in [0.15, 0.2) is 5.82 Å². The number of carbonyl (C=O) groups is 1. The number of nitrogens with zero attached hydrogens (tertiary/aromatic N) is 4. The molecule has 2 aromatic heterocycles. The van der Waals surface area contributed by atoms with Crippen molar-refractivity contribution in [2.45, 2.75) is 23.8 Å². The summed E-state index contributed by atoms with van der Waals surface area (Å²) in [6, 6.07) is 11.4. The first-order valence-electron chi connectivity index (χ1n) is 7.66. The molecule has 3 aromatic rings. The second-order valence-corrected chi connectivity index (χ2v) is 6.73. The van der Waals surface area contributed by atoms with Gasteiger partial charge in [0, 0.05) is 0 Å². The van der Waals surface area contributed by atoms with Gasteiger partial charge in [0.25, 0.3) is 0 Å². The van der Waals surface area contributed by atoms with Crippen LogP contribution in [0, 0.1) is 6.92 Å². The first kappa shape index (κ1) is 15.6. The third kappa shape index (κ3) is 2.85. The number of hydrogen-bond donors (Lipinski definition) is 1. The normalized spacial score (nSPS) is 16.4. The van der Waals surface area contributed by atoms with Gasteiger partial charge in [-0.05, 0) is 18.6 Å². The number of furan rings is 1. The molecule has 1 N–H and O–H groups in total. The Hall–Kier alpha value is -2.87. The number of rotatable bonds is 4. The second kappa shape index (κ2) is 6.21. The molecule has 4 rings (SSSR count). The molecule has 0 saturated carbocycles. The van der Waals surface area contributed by atoms with Crippen molar-refractivity contribution < 1.29 is 14.3 Å². The maximum atomic E-state index is 11.3. The van der Waals surface area contributed by atoms with Gasteiger partial charge in [-0.1, -0.05) is 42.1 Å². The summed E-state index contributed by atoms with van der Waals surface area (Å²) in [5.41, 5.74) is 2.39. The van der Waals surface area contributed by atoms with E-state index >= 15 is 0 Å². The van der Waals surface area contributed by atoms with Crippen LogP contribution in [-0.4, -0.2) is 36.9 Å². The lowest BCUT2D eigenvalue weighted by molar-refractivity contribution is -0.136. The molecule has 7 nitrogen and oxygen atoms in total. The summed E-state index contributed by atoms with van der Waals surface area (Å²) >= 11 is 1.36. The van der Waals surface area contributed by atoms with Gasteiger partial charge < -0.3 is 9.52 Å². The van der Waals surface area contributed by atoms with Crippen LogP contribution < -0.4 is 0 Å². The van der Waals surface area contributed by atoms with Gasteiger partial charge >= 0.3 is 5.97 Å². The molecule has 8 heteroatoms. The highest BCUT2D eigenvalue weighted by molar-refractivity contribution is 8.00. The fourth-order valence-electron chi connectivity index (χ4n) is 2.72. The number of fused-ring (bicyclic) bond motifs is 1. The van der Waals surface area contributed by atoms with E-state index in [1.54, 1.807) is 10.9 Å². The summed E-state index contributed by atoms with van der Waals surface area (Å²) < 4.78 is 7.01. The minimum absolute atomic E-state index is 0.0364. The molecular weight excluding hydrogens is 340 g/mol. The SMILES string of the molecule is Cc1occc1-c1nnc2n1N=C(c1ccccc1)[C@H](CC(=O)O)S2. The third-order valence-corrected chi connectivity index (χ3v) is 5.04. The maximum absolute atomic E-state index is 11.3. The van der Waals surface area contributed by atoms with Gasteiger partial charge in [-0.2, -0.15) is 9.78 Å². The lowest BCUT2D eigenvalue weighted by Gasteiger charge is -2.21. The fraction of sp³-hybridized carbons (Fsp3) is 0.176. The van der Waals surface area contributed by atoms with E-state index < -0.39 is 5.97 Å². The molecule has 25 heavy (non-hydrogen) atoms. The molecule has 0 amide bonds. The fourth-order valence-corrected chi connectivity index (χ4v) is 3.81. The molecular formula is C17H14N4O3S. The van der Waals surface area contributed by atoms with Crippen molar-refractivity contribution in [1.82, 2.24) is 14.9 Å². The third-order valence-electron chi connectivity index (χ3n) is 3.90. The summed E-state index contributed by atoms with van der Waals surface area (Å²) in [7, 11) is 0. The Kier molecular flexibility index (Phi) is 3.89. The summed E-state index contributed by atoms with van der Waals surface area (Å²) in [5, 5.41) is 22.6. The van der Waals surface area contributed by atoms with Crippen molar-refractivity contribution >= 4 is 23.4 Å². The van der Waals surface area contributed by atoms with Crippen LogP contribution in [0.1, 0.15) is 17.7 Å². The molecule has 0 bridgehead atoms. The molecule has 0 spiro atoms. The van der Waals surface area contributed by atoms with E-state index in [9.17, 15) is 9.90 Å². The first-order chi connectivity index (χ1) is 12.1. The average Bonchev–Trinajstić information content (AvgIpc) is 3.19. The largest absolute Gasteiger partial charge is 0.481 e. The molecule has 126 valence electrons. The number of hydrogen-bond acceptors (Lipinski definition) is 6. The van der Waals surface area contributed by atoms with E-state index in [1.807, 2.05) is 43.3 Å². The highest BCUT2D eigenvalue weighted by Gasteiger charge is 2.31. The molecule has 1 aromatic carbocycles. The quantitative estimate of drug-likeness (QED) is 0.774. The van der Waals surface area contributed by atoms with Crippen LogP contribution >= 0.6 is 11.8 Å². The molecule has 0 aliphatic carbocycles. The van der Waals surface area contributed by atoms with E-state index in [1.165, 1.54) is 11.8 Å². The summed E-state index contributed by atoms with van der Waals surface area (Å²) in [5.74, 6) is 0.431. The van der Waals surface area contributed by atoms with Crippen molar-refractivity contribution in [2.24, 2.45) is 5.10 Å². The first-order valence-corrected chi connectivity index (χ1v) is 8.54. The minimum atomic E-state index is -0.875. The Labute approximate surface area is 147 Å². The van der Waals surface area contributed by atoms with Crippen LogP contribution in [0.4, 0.5) is 0 Å². The predicted molar refractivity (Wildman–Crippen MR) is 92.7 cm³/mol. The Morgan fingerprint density at radius 3 is 2.76 bits per heavy atom. The summed E-state index contributed by atoms with van der Waals surface area (Å²) in [6.07, 6.45) is 1.56. The number of aryl methyl sites for hydroxylation is 1. The van der Waals surface area contributed by atoms with Crippen molar-refractivity contribution in [3.8, 4) is 11.4 Å². The second-order valence-electron chi connectivity index (χ2n) is 5.56. The monoisotopic (exact) mass is 354 g/mol. The number of aromatic nitrogens is 3. The molecule has 0 unspecified atom stereocenters. The zero-order chi connectivity index (χ0) is 17.4. The Balaban J connectivity index is 1.84. The van der Waals surface area contributed by atoms with Gasteiger partial charge in [0.2, 0.25) is 5.16 Å². The van der Waals surface area contributed by atoms with Gasteiger partial charge in [-0.25, -0.2) is 0 Å². The Morgan fingerprint density at radius 2 is 2.08 bits per heavy atom. The van der Waals surface area contributed by atoms with Crippen LogP contribution in [-0.2, 0) is 4.79 Å². The molecule has 0 radical (unpaired) electrons. The van der Waals surface area contributed by atoms with E-state index in [4.69, 9.17) is 4.42 Å². The van der Waals surface area contributed by atoms with Gasteiger partial charge in [-0.15, -0.1) is 10.2 Å². The lowest BCUT2D eigenvalue weighted by atomic mass is 10.1. The van der Waals surface area contributed by atoms with Crippen molar-refractivity contribution in [1.29, 1.82) is 0 Å². The minimum Gasteiger partial charge on any atom is -0.481 e. The highest BCUT2D eigenvalue weighted by Crippen LogP contribution is 2.35. The number of thioether (sulfide) groups is 1. The zero-order valence-electron chi connectivity index (χ0n) is 13.3. The van der Waals surface area contributed by atoms with Gasteiger partial charge in [0.05, 0.1) is 29.2 Å². The predicted octanol–water partition coefficient (Wildman–Crippen LogP) is 3.05. The Bertz CT molecular complexity index is 961. The summed E-state index contributed by atoms with van der Waals surface area (Å²) in [6.45, 7) is 1.85. The van der Waals surface area contributed by atoms with Crippen LogP contribution in [0.15, 0.2) is 57.3 Å².